The molecule has 0 aliphatic carbocycles. The molecule has 0 saturated carbocycles. The lowest BCUT2D eigenvalue weighted by molar-refractivity contribution is -0.739. The first-order valence-electron chi connectivity index (χ1n) is 5.88. The van der Waals surface area contributed by atoms with Gasteiger partial charge in [0.25, 0.3) is 12.7 Å². The van der Waals surface area contributed by atoms with E-state index in [1.165, 1.54) is 29.4 Å². The number of nitrogens with zero attached hydrogens (tertiary/aromatic N) is 3. The molecule has 9 heteroatoms. The Labute approximate surface area is 118 Å². The maximum absolute atomic E-state index is 11.6. The molecule has 1 aromatic heterocycles. The maximum Gasteiger partial charge on any atom is 0.355 e. The van der Waals surface area contributed by atoms with Gasteiger partial charge in [-0.1, -0.05) is 12.1 Å². The molecule has 1 amide bonds. The number of para-hydroxylation sites is 1. The number of aromatic hydroxyl groups is 1. The van der Waals surface area contributed by atoms with Gasteiger partial charge in [-0.15, -0.1) is 4.68 Å². The first-order chi connectivity index (χ1) is 10.1. The number of amides is 1. The van der Waals surface area contributed by atoms with Crippen LogP contribution in [0, 0.1) is 10.1 Å². The molecule has 0 unspecified atom stereocenters. The van der Waals surface area contributed by atoms with Crippen molar-refractivity contribution >= 4 is 17.8 Å². The van der Waals surface area contributed by atoms with Gasteiger partial charge in [0, 0.05) is 5.56 Å². The van der Waals surface area contributed by atoms with Crippen LogP contribution in [0.4, 0.5) is 5.69 Å². The van der Waals surface area contributed by atoms with Crippen LogP contribution in [0.5, 0.6) is 5.75 Å². The Bertz CT molecular complexity index is 694. The second kappa shape index (κ2) is 6.28. The van der Waals surface area contributed by atoms with Crippen molar-refractivity contribution in [3.05, 3.63) is 52.3 Å². The number of phenols is 1. The number of nitro groups is 1. The summed E-state index contributed by atoms with van der Waals surface area (Å²) in [5.74, 6) is -0.423. The van der Waals surface area contributed by atoms with E-state index in [4.69, 9.17) is 0 Å². The number of H-pyrrole nitrogens is 1. The van der Waals surface area contributed by atoms with Crippen LogP contribution in [0.15, 0.2) is 41.8 Å². The summed E-state index contributed by atoms with van der Waals surface area (Å²) in [7, 11) is 0. The third kappa shape index (κ3) is 3.86. The summed E-state index contributed by atoms with van der Waals surface area (Å²) in [6.07, 6.45) is 3.68. The van der Waals surface area contributed by atoms with Crippen LogP contribution in [0.1, 0.15) is 5.56 Å². The quantitative estimate of drug-likeness (QED) is 0.312. The predicted octanol–water partition coefficient (Wildman–Crippen LogP) is 0.0663. The van der Waals surface area contributed by atoms with Crippen LogP contribution in [0.25, 0.3) is 0 Å². The van der Waals surface area contributed by atoms with Crippen molar-refractivity contribution in [1.29, 1.82) is 0 Å². The van der Waals surface area contributed by atoms with Gasteiger partial charge < -0.3 is 5.11 Å². The molecule has 21 heavy (non-hydrogen) atoms. The van der Waals surface area contributed by atoms with Crippen LogP contribution in [-0.4, -0.2) is 27.3 Å². The molecule has 0 saturated heterocycles. The highest BCUT2D eigenvalue weighted by Crippen LogP contribution is 2.12. The summed E-state index contributed by atoms with van der Waals surface area (Å²) < 4.78 is 1.25. The first-order valence-corrected chi connectivity index (χ1v) is 5.88. The van der Waals surface area contributed by atoms with Crippen LogP contribution in [-0.2, 0) is 11.3 Å². The van der Waals surface area contributed by atoms with Gasteiger partial charge in [0.1, 0.15) is 11.9 Å². The lowest BCUT2D eigenvalue weighted by atomic mass is 10.2. The Morgan fingerprint density at radius 1 is 1.52 bits per heavy atom. The van der Waals surface area contributed by atoms with Crippen molar-refractivity contribution in [2.45, 2.75) is 6.54 Å². The Balaban J connectivity index is 1.90. The van der Waals surface area contributed by atoms with E-state index in [1.807, 2.05) is 0 Å². The van der Waals surface area contributed by atoms with Gasteiger partial charge in [0.15, 0.2) is 0 Å². The zero-order valence-electron chi connectivity index (χ0n) is 10.8. The first kappa shape index (κ1) is 14.2. The van der Waals surface area contributed by atoms with E-state index in [-0.39, 0.29) is 18.0 Å². The summed E-state index contributed by atoms with van der Waals surface area (Å²) in [4.78, 5) is 21.5. The standard InChI is InChI=1S/C12H11N5O4/c18-11-4-2-1-3-9(11)5-13-15-12(19)8-16-7-10(6-14-16)17(20)21/h1-7H,8H2,(H2,13,15,18,19)/p+1. The van der Waals surface area contributed by atoms with Gasteiger partial charge in [-0.25, -0.2) is 5.43 Å². The molecule has 0 spiro atoms. The number of hydrogen-bond donors (Lipinski definition) is 3. The molecule has 0 aliphatic rings. The van der Waals surface area contributed by atoms with E-state index >= 15 is 0 Å². The van der Waals surface area contributed by atoms with Crippen molar-refractivity contribution in [2.24, 2.45) is 5.10 Å². The van der Waals surface area contributed by atoms with Crippen molar-refractivity contribution in [2.75, 3.05) is 0 Å². The average Bonchev–Trinajstić information content (AvgIpc) is 2.89. The second-order valence-corrected chi connectivity index (χ2v) is 4.06. The van der Waals surface area contributed by atoms with Crippen molar-refractivity contribution < 1.29 is 19.5 Å². The van der Waals surface area contributed by atoms with Gasteiger partial charge >= 0.3 is 11.6 Å². The van der Waals surface area contributed by atoms with Crippen LogP contribution < -0.4 is 10.1 Å². The van der Waals surface area contributed by atoms with Crippen molar-refractivity contribution in [1.82, 2.24) is 10.5 Å². The minimum Gasteiger partial charge on any atom is -0.507 e. The topological polar surface area (TPSA) is 124 Å². The third-order valence-corrected chi connectivity index (χ3v) is 2.52. The van der Waals surface area contributed by atoms with Gasteiger partial charge in [-0.2, -0.15) is 10.2 Å². The van der Waals surface area contributed by atoms with Gasteiger partial charge in [-0.05, 0) is 12.1 Å². The molecule has 9 nitrogen and oxygen atoms in total. The van der Waals surface area contributed by atoms with Gasteiger partial charge in [-0.3, -0.25) is 14.9 Å². The fourth-order valence-corrected chi connectivity index (χ4v) is 1.53. The molecule has 108 valence electrons. The minimum absolute atomic E-state index is 0.0462. The molecule has 0 aliphatic heterocycles. The number of aromatic nitrogens is 2. The lowest BCUT2D eigenvalue weighted by Gasteiger charge is -1.97. The zero-order valence-corrected chi connectivity index (χ0v) is 10.8. The average molecular weight is 290 g/mol. The summed E-state index contributed by atoms with van der Waals surface area (Å²) in [6.45, 7) is -0.147. The molecule has 1 aromatic carbocycles. The molecular formula is C12H12N5O4+. The number of aromatic amines is 1. The Kier molecular flexibility index (Phi) is 4.24. The van der Waals surface area contributed by atoms with Crippen molar-refractivity contribution in [3.63, 3.8) is 0 Å². The molecule has 2 rings (SSSR count). The monoisotopic (exact) mass is 290 g/mol. The molecule has 0 fully saturated rings. The lowest BCUT2D eigenvalue weighted by Crippen LogP contribution is -2.42. The highest BCUT2D eigenvalue weighted by molar-refractivity contribution is 5.84. The van der Waals surface area contributed by atoms with E-state index in [2.05, 4.69) is 15.6 Å². The fourth-order valence-electron chi connectivity index (χ4n) is 1.53. The number of benzene rings is 1. The van der Waals surface area contributed by atoms with E-state index in [0.717, 1.165) is 0 Å². The molecule has 0 atom stereocenters. The number of nitrogens with one attached hydrogen (secondary N) is 2. The Morgan fingerprint density at radius 2 is 2.29 bits per heavy atom. The number of rotatable bonds is 5. The molecule has 0 bridgehead atoms. The van der Waals surface area contributed by atoms with Crippen LogP contribution in [0.2, 0.25) is 0 Å². The smallest absolute Gasteiger partial charge is 0.355 e. The summed E-state index contributed by atoms with van der Waals surface area (Å²) in [5, 5.41) is 26.2. The number of phenolic OH excluding ortho intramolecular Hbond substituents is 1. The van der Waals surface area contributed by atoms with E-state index in [0.29, 0.717) is 5.56 Å². The Hall–Kier alpha value is -3.23. The second-order valence-electron chi connectivity index (χ2n) is 4.06. The normalized spacial score (nSPS) is 10.7. The predicted molar refractivity (Wildman–Crippen MR) is 71.5 cm³/mol. The summed E-state index contributed by atoms with van der Waals surface area (Å²) >= 11 is 0. The zero-order chi connectivity index (χ0) is 15.2. The third-order valence-electron chi connectivity index (χ3n) is 2.52. The Morgan fingerprint density at radius 3 is 2.95 bits per heavy atom. The molecule has 3 N–H and O–H groups in total. The van der Waals surface area contributed by atoms with Crippen LogP contribution in [0.3, 0.4) is 0 Å². The number of carbonyl (C=O) groups excluding carboxylic acids is 1. The highest BCUT2D eigenvalue weighted by Gasteiger charge is 2.17. The molecular weight excluding hydrogens is 278 g/mol. The van der Waals surface area contributed by atoms with Crippen LogP contribution >= 0.6 is 0 Å². The van der Waals surface area contributed by atoms with E-state index in [9.17, 15) is 20.0 Å². The molecule has 1 heterocycles. The largest absolute Gasteiger partial charge is 0.507 e. The number of carbonyl (C=O) groups is 1. The fraction of sp³-hybridized carbons (Fsp3) is 0.0833. The molecule has 2 aromatic rings. The van der Waals surface area contributed by atoms with Gasteiger partial charge in [0.2, 0.25) is 0 Å². The van der Waals surface area contributed by atoms with E-state index in [1.54, 1.807) is 18.2 Å². The SMILES string of the molecule is O=C(C[n+]1cc([N+](=O)[O-])c[nH]1)NN=Cc1ccccc1O. The van der Waals surface area contributed by atoms with E-state index < -0.39 is 10.8 Å². The summed E-state index contributed by atoms with van der Waals surface area (Å²) in [6, 6.07) is 6.52. The minimum atomic E-state index is -0.568. The highest BCUT2D eigenvalue weighted by atomic mass is 16.6. The number of hydrazone groups is 1. The van der Waals surface area contributed by atoms with Gasteiger partial charge in [0.05, 0.1) is 11.1 Å². The van der Waals surface area contributed by atoms with Crippen molar-refractivity contribution in [3.8, 4) is 5.75 Å². The number of hydrogen-bond acceptors (Lipinski definition) is 5. The maximum atomic E-state index is 11.6. The molecule has 0 radical (unpaired) electrons. The summed E-state index contributed by atoms with van der Waals surface area (Å²) in [5.41, 5.74) is 2.57.